The summed E-state index contributed by atoms with van der Waals surface area (Å²) in [6.45, 7) is 7.02. The highest BCUT2D eigenvalue weighted by Crippen LogP contribution is 2.24. The van der Waals surface area contributed by atoms with Crippen molar-refractivity contribution in [1.82, 2.24) is 30.1 Å². The molecule has 150 valence electrons. The highest BCUT2D eigenvalue weighted by molar-refractivity contribution is 7.99. The zero-order chi connectivity index (χ0) is 20.2. The van der Waals surface area contributed by atoms with E-state index in [-0.39, 0.29) is 5.91 Å². The van der Waals surface area contributed by atoms with Crippen LogP contribution in [0.4, 0.5) is 5.82 Å². The molecule has 0 saturated carbocycles. The fraction of sp³-hybridized carbons (Fsp3) is 0.350. The molecule has 3 heterocycles. The molecular weight excluding hydrogens is 386 g/mol. The van der Waals surface area contributed by atoms with E-state index in [1.54, 1.807) is 10.9 Å². The van der Waals surface area contributed by atoms with Gasteiger partial charge in [0.1, 0.15) is 5.82 Å². The van der Waals surface area contributed by atoms with Crippen molar-refractivity contribution in [3.05, 3.63) is 53.7 Å². The number of aryl methyl sites for hydroxylation is 2. The second-order valence-electron chi connectivity index (χ2n) is 6.96. The first-order valence-electron chi connectivity index (χ1n) is 9.55. The summed E-state index contributed by atoms with van der Waals surface area (Å²) in [5, 5.41) is 12.7. The summed E-state index contributed by atoms with van der Waals surface area (Å²) in [5.41, 5.74) is 3.16. The van der Waals surface area contributed by atoms with Crippen LogP contribution in [-0.4, -0.2) is 67.9 Å². The van der Waals surface area contributed by atoms with Crippen LogP contribution in [0.2, 0.25) is 0 Å². The van der Waals surface area contributed by atoms with Gasteiger partial charge in [-0.15, -0.1) is 5.10 Å². The normalized spacial score (nSPS) is 14.3. The number of carbonyl (C=O) groups is 1. The molecular formula is C20H23N7OS. The number of tetrazole rings is 1. The van der Waals surface area contributed by atoms with E-state index in [1.807, 2.05) is 55.1 Å². The molecule has 2 aromatic heterocycles. The minimum Gasteiger partial charge on any atom is -0.353 e. The van der Waals surface area contributed by atoms with Gasteiger partial charge in [0.15, 0.2) is 0 Å². The molecule has 4 rings (SSSR count). The number of hydrogen-bond donors (Lipinski definition) is 0. The topological polar surface area (TPSA) is 80.0 Å². The highest BCUT2D eigenvalue weighted by Gasteiger charge is 2.23. The lowest BCUT2D eigenvalue weighted by Gasteiger charge is -2.35. The quantitative estimate of drug-likeness (QED) is 0.597. The Morgan fingerprint density at radius 3 is 2.48 bits per heavy atom. The van der Waals surface area contributed by atoms with Crippen molar-refractivity contribution >= 4 is 23.5 Å². The zero-order valence-corrected chi connectivity index (χ0v) is 17.3. The first-order valence-corrected chi connectivity index (χ1v) is 10.5. The van der Waals surface area contributed by atoms with Crippen LogP contribution in [0.1, 0.15) is 11.1 Å². The number of anilines is 1. The lowest BCUT2D eigenvalue weighted by atomic mass is 10.1. The maximum atomic E-state index is 12.7. The third kappa shape index (κ3) is 4.24. The molecule has 1 aromatic carbocycles. The number of amides is 1. The van der Waals surface area contributed by atoms with Crippen LogP contribution in [0.25, 0.3) is 5.69 Å². The summed E-state index contributed by atoms with van der Waals surface area (Å²) in [5.74, 6) is 1.38. The minimum atomic E-state index is 0.103. The van der Waals surface area contributed by atoms with E-state index >= 15 is 0 Å². The maximum absolute atomic E-state index is 12.7. The van der Waals surface area contributed by atoms with E-state index in [0.29, 0.717) is 24.0 Å². The number of hydrogen-bond acceptors (Lipinski definition) is 7. The summed E-state index contributed by atoms with van der Waals surface area (Å²) in [6, 6.07) is 12.0. The van der Waals surface area contributed by atoms with Crippen LogP contribution >= 0.6 is 11.8 Å². The van der Waals surface area contributed by atoms with Crippen LogP contribution in [0.15, 0.2) is 47.8 Å². The second-order valence-corrected chi connectivity index (χ2v) is 7.90. The molecule has 0 spiro atoms. The Morgan fingerprint density at radius 2 is 1.79 bits per heavy atom. The standard InChI is InChI=1S/C20H23N7OS/c1-15-6-5-7-16(2)19(15)27-20(22-23-24-27)29-14-18(28)26-12-10-25(11-13-26)17-8-3-4-9-21-17/h3-9H,10-14H2,1-2H3. The first kappa shape index (κ1) is 19.4. The van der Waals surface area contributed by atoms with Gasteiger partial charge in [-0.2, -0.15) is 4.68 Å². The van der Waals surface area contributed by atoms with Gasteiger partial charge in [0.05, 0.1) is 11.4 Å². The van der Waals surface area contributed by atoms with Gasteiger partial charge in [-0.05, 0) is 47.5 Å². The maximum Gasteiger partial charge on any atom is 0.233 e. The summed E-state index contributed by atoms with van der Waals surface area (Å²) in [7, 11) is 0. The van der Waals surface area contributed by atoms with Gasteiger partial charge in [-0.3, -0.25) is 4.79 Å². The largest absolute Gasteiger partial charge is 0.353 e. The molecule has 1 aliphatic rings. The van der Waals surface area contributed by atoms with Crippen molar-refractivity contribution < 1.29 is 4.79 Å². The smallest absolute Gasteiger partial charge is 0.233 e. The Hall–Kier alpha value is -2.94. The predicted octanol–water partition coefficient (Wildman–Crippen LogP) is 2.12. The molecule has 0 unspecified atom stereocenters. The summed E-state index contributed by atoms with van der Waals surface area (Å²) >= 11 is 1.37. The van der Waals surface area contributed by atoms with Gasteiger partial charge < -0.3 is 9.80 Å². The Kier molecular flexibility index (Phi) is 5.75. The highest BCUT2D eigenvalue weighted by atomic mass is 32.2. The van der Waals surface area contributed by atoms with Gasteiger partial charge in [0.2, 0.25) is 11.1 Å². The Bertz CT molecular complexity index is 963. The summed E-state index contributed by atoms with van der Waals surface area (Å²) in [6.07, 6.45) is 1.80. The lowest BCUT2D eigenvalue weighted by molar-refractivity contribution is -0.128. The van der Waals surface area contributed by atoms with Gasteiger partial charge in [0, 0.05) is 32.4 Å². The first-order chi connectivity index (χ1) is 14.1. The van der Waals surface area contributed by atoms with Crippen molar-refractivity contribution in [1.29, 1.82) is 0 Å². The molecule has 1 fully saturated rings. The van der Waals surface area contributed by atoms with E-state index in [9.17, 15) is 4.79 Å². The number of piperazine rings is 1. The number of pyridine rings is 1. The second kappa shape index (κ2) is 8.60. The summed E-state index contributed by atoms with van der Waals surface area (Å²) in [4.78, 5) is 21.2. The minimum absolute atomic E-state index is 0.103. The van der Waals surface area contributed by atoms with E-state index < -0.39 is 0 Å². The number of carbonyl (C=O) groups excluding carboxylic acids is 1. The molecule has 3 aromatic rings. The average molecular weight is 410 g/mol. The number of nitrogens with zero attached hydrogens (tertiary/aromatic N) is 7. The molecule has 0 bridgehead atoms. The molecule has 0 atom stereocenters. The van der Waals surface area contributed by atoms with Gasteiger partial charge >= 0.3 is 0 Å². The van der Waals surface area contributed by atoms with Crippen molar-refractivity contribution in [2.24, 2.45) is 0 Å². The van der Waals surface area contributed by atoms with E-state index in [4.69, 9.17) is 0 Å². The fourth-order valence-corrected chi connectivity index (χ4v) is 4.27. The number of aromatic nitrogens is 5. The number of thioether (sulfide) groups is 1. The molecule has 9 heteroatoms. The van der Waals surface area contributed by atoms with Gasteiger partial charge in [0.25, 0.3) is 0 Å². The zero-order valence-electron chi connectivity index (χ0n) is 16.5. The van der Waals surface area contributed by atoms with Crippen molar-refractivity contribution in [3.8, 4) is 5.69 Å². The predicted molar refractivity (Wildman–Crippen MR) is 112 cm³/mol. The molecule has 1 amide bonds. The number of rotatable bonds is 5. The van der Waals surface area contributed by atoms with Gasteiger partial charge in [-0.1, -0.05) is 36.0 Å². The van der Waals surface area contributed by atoms with Crippen LogP contribution < -0.4 is 4.90 Å². The Labute approximate surface area is 173 Å². The molecule has 1 saturated heterocycles. The molecule has 29 heavy (non-hydrogen) atoms. The lowest BCUT2D eigenvalue weighted by Crippen LogP contribution is -2.49. The number of para-hydroxylation sites is 1. The summed E-state index contributed by atoms with van der Waals surface area (Å²) < 4.78 is 1.72. The SMILES string of the molecule is Cc1cccc(C)c1-n1nnnc1SCC(=O)N1CCN(c2ccccn2)CC1. The molecule has 0 N–H and O–H groups in total. The monoisotopic (exact) mass is 409 g/mol. The van der Waals surface area contributed by atoms with Crippen LogP contribution in [-0.2, 0) is 4.79 Å². The van der Waals surface area contributed by atoms with E-state index in [0.717, 1.165) is 35.7 Å². The van der Waals surface area contributed by atoms with E-state index in [1.165, 1.54) is 11.8 Å². The third-order valence-corrected chi connectivity index (χ3v) is 5.93. The van der Waals surface area contributed by atoms with Crippen LogP contribution in [0, 0.1) is 13.8 Å². The van der Waals surface area contributed by atoms with Crippen molar-refractivity contribution in [2.45, 2.75) is 19.0 Å². The Morgan fingerprint density at radius 1 is 1.03 bits per heavy atom. The third-order valence-electron chi connectivity index (χ3n) is 5.02. The molecule has 0 radical (unpaired) electrons. The number of benzene rings is 1. The molecule has 8 nitrogen and oxygen atoms in total. The Balaban J connectivity index is 1.36. The van der Waals surface area contributed by atoms with Crippen molar-refractivity contribution in [2.75, 3.05) is 36.8 Å². The van der Waals surface area contributed by atoms with E-state index in [2.05, 4.69) is 25.4 Å². The molecule has 0 aliphatic carbocycles. The van der Waals surface area contributed by atoms with Crippen LogP contribution in [0.5, 0.6) is 0 Å². The van der Waals surface area contributed by atoms with Crippen molar-refractivity contribution in [3.63, 3.8) is 0 Å². The fourth-order valence-electron chi connectivity index (χ4n) is 3.49. The molecule has 1 aliphatic heterocycles. The van der Waals surface area contributed by atoms with Gasteiger partial charge in [-0.25, -0.2) is 4.98 Å². The van der Waals surface area contributed by atoms with Crippen LogP contribution in [0.3, 0.4) is 0 Å². The average Bonchev–Trinajstić information content (AvgIpc) is 3.21.